The lowest BCUT2D eigenvalue weighted by Gasteiger charge is -2.32. The van der Waals surface area contributed by atoms with E-state index in [-0.39, 0.29) is 13.5 Å². The highest BCUT2D eigenvalue weighted by molar-refractivity contribution is 5.63. The lowest BCUT2D eigenvalue weighted by atomic mass is 10.0. The normalized spacial score (nSPS) is 14.0. The number of aromatic nitrogens is 3. The summed E-state index contributed by atoms with van der Waals surface area (Å²) >= 11 is 0. The SMILES string of the molecule is C.Cc1ccc(N2CCc3ncnc(N[C@H](C)c4ccc(C(F)(F)F)nc4)c3C2)c(C#N)c1. The van der Waals surface area contributed by atoms with Crippen LogP contribution in [0.15, 0.2) is 42.9 Å². The van der Waals surface area contributed by atoms with Crippen LogP contribution in [0.25, 0.3) is 0 Å². The van der Waals surface area contributed by atoms with Gasteiger partial charge in [0, 0.05) is 31.3 Å². The van der Waals surface area contributed by atoms with Crippen molar-refractivity contribution in [2.75, 3.05) is 16.8 Å². The summed E-state index contributed by atoms with van der Waals surface area (Å²) in [7, 11) is 0. The van der Waals surface area contributed by atoms with Crippen molar-refractivity contribution in [1.82, 2.24) is 15.0 Å². The lowest BCUT2D eigenvalue weighted by molar-refractivity contribution is -0.141. The predicted octanol–water partition coefficient (Wildman–Crippen LogP) is 5.44. The highest BCUT2D eigenvalue weighted by Crippen LogP contribution is 2.32. The van der Waals surface area contributed by atoms with Gasteiger partial charge in [0.05, 0.1) is 23.0 Å². The second-order valence-electron chi connectivity index (χ2n) is 7.79. The number of nitriles is 1. The van der Waals surface area contributed by atoms with Crippen molar-refractivity contribution in [2.24, 2.45) is 0 Å². The number of hydrogen-bond acceptors (Lipinski definition) is 6. The topological polar surface area (TPSA) is 77.7 Å². The van der Waals surface area contributed by atoms with Crippen molar-refractivity contribution in [3.05, 3.63) is 76.5 Å². The molecule has 6 nitrogen and oxygen atoms in total. The molecule has 0 radical (unpaired) electrons. The number of halogens is 3. The first-order valence-corrected chi connectivity index (χ1v) is 10.1. The molecule has 1 aliphatic heterocycles. The fourth-order valence-corrected chi connectivity index (χ4v) is 3.80. The Morgan fingerprint density at radius 3 is 2.61 bits per heavy atom. The summed E-state index contributed by atoms with van der Waals surface area (Å²) in [5.41, 5.74) is 4.02. The summed E-state index contributed by atoms with van der Waals surface area (Å²) in [5, 5.41) is 12.8. The number of anilines is 2. The van der Waals surface area contributed by atoms with Crippen LogP contribution in [0.3, 0.4) is 0 Å². The van der Waals surface area contributed by atoms with Crippen molar-refractivity contribution in [2.45, 2.75) is 46.5 Å². The molecule has 0 unspecified atom stereocenters. The molecule has 33 heavy (non-hydrogen) atoms. The first kappa shape index (κ1) is 24.0. The molecule has 0 amide bonds. The van der Waals surface area contributed by atoms with Gasteiger partial charge in [0.2, 0.25) is 0 Å². The average molecular weight is 455 g/mol. The van der Waals surface area contributed by atoms with Crippen molar-refractivity contribution in [1.29, 1.82) is 5.26 Å². The number of nitrogens with one attached hydrogen (secondary N) is 1. The van der Waals surface area contributed by atoms with E-state index in [4.69, 9.17) is 0 Å². The maximum absolute atomic E-state index is 12.8. The third-order valence-corrected chi connectivity index (χ3v) is 5.55. The van der Waals surface area contributed by atoms with E-state index < -0.39 is 11.9 Å². The average Bonchev–Trinajstić information content (AvgIpc) is 2.78. The van der Waals surface area contributed by atoms with Crippen LogP contribution in [0.2, 0.25) is 0 Å². The van der Waals surface area contributed by atoms with E-state index >= 15 is 0 Å². The Bertz CT molecular complexity index is 1170. The molecule has 0 saturated carbocycles. The molecule has 3 heterocycles. The molecular weight excluding hydrogens is 429 g/mol. The largest absolute Gasteiger partial charge is 0.433 e. The van der Waals surface area contributed by atoms with Gasteiger partial charge >= 0.3 is 6.18 Å². The molecule has 3 aromatic rings. The molecule has 1 N–H and O–H groups in total. The summed E-state index contributed by atoms with van der Waals surface area (Å²) in [5.74, 6) is 0.623. The minimum atomic E-state index is -4.47. The standard InChI is InChI=1S/C23H21F3N6.CH4/c1-14-3-5-20(17(9-14)10-27)32-8-7-19-18(12-32)22(30-13-29-19)31-15(2)16-4-6-21(28-11-16)23(24,25)26;/h3-6,9,11,13,15H,7-8,12H2,1-2H3,(H,29,30,31);1H4/t15-;/m1./s1. The van der Waals surface area contributed by atoms with Crippen LogP contribution in [-0.2, 0) is 19.1 Å². The van der Waals surface area contributed by atoms with E-state index in [9.17, 15) is 18.4 Å². The number of benzene rings is 1. The van der Waals surface area contributed by atoms with Gasteiger partial charge in [-0.3, -0.25) is 4.98 Å². The van der Waals surface area contributed by atoms with Gasteiger partial charge < -0.3 is 10.2 Å². The number of fused-ring (bicyclic) bond motifs is 1. The molecule has 1 aliphatic rings. The molecule has 0 spiro atoms. The number of aryl methyl sites for hydroxylation is 1. The van der Waals surface area contributed by atoms with Crippen LogP contribution >= 0.6 is 0 Å². The number of hydrogen-bond donors (Lipinski definition) is 1. The van der Waals surface area contributed by atoms with Crippen molar-refractivity contribution in [3.8, 4) is 6.07 Å². The fourth-order valence-electron chi connectivity index (χ4n) is 3.80. The van der Waals surface area contributed by atoms with Gasteiger partial charge in [0.15, 0.2) is 0 Å². The van der Waals surface area contributed by atoms with Gasteiger partial charge in [-0.15, -0.1) is 0 Å². The van der Waals surface area contributed by atoms with Crippen LogP contribution in [0.5, 0.6) is 0 Å². The molecule has 1 atom stereocenters. The molecule has 172 valence electrons. The van der Waals surface area contributed by atoms with E-state index in [0.717, 1.165) is 35.1 Å². The smallest absolute Gasteiger partial charge is 0.366 e. The highest BCUT2D eigenvalue weighted by atomic mass is 19.4. The Labute approximate surface area is 191 Å². The van der Waals surface area contributed by atoms with Gasteiger partial charge in [-0.1, -0.05) is 19.6 Å². The maximum Gasteiger partial charge on any atom is 0.433 e. The Morgan fingerprint density at radius 2 is 1.94 bits per heavy atom. The Morgan fingerprint density at radius 1 is 1.15 bits per heavy atom. The molecular formula is C24H25F3N6. The summed E-state index contributed by atoms with van der Waals surface area (Å²) in [6.45, 7) is 5.03. The summed E-state index contributed by atoms with van der Waals surface area (Å²) < 4.78 is 38.4. The second-order valence-corrected chi connectivity index (χ2v) is 7.79. The summed E-state index contributed by atoms with van der Waals surface area (Å²) in [6.07, 6.45) is -1.06. The van der Waals surface area contributed by atoms with Gasteiger partial charge in [0.25, 0.3) is 0 Å². The Balaban J connectivity index is 0.00000306. The van der Waals surface area contributed by atoms with Crippen LogP contribution in [0, 0.1) is 18.3 Å². The van der Waals surface area contributed by atoms with Crippen LogP contribution in [-0.4, -0.2) is 21.5 Å². The van der Waals surface area contributed by atoms with E-state index in [1.54, 1.807) is 0 Å². The number of alkyl halides is 3. The minimum Gasteiger partial charge on any atom is -0.366 e. The molecule has 9 heteroatoms. The highest BCUT2D eigenvalue weighted by Gasteiger charge is 2.32. The van der Waals surface area contributed by atoms with Crippen LogP contribution in [0.4, 0.5) is 24.7 Å². The third-order valence-electron chi connectivity index (χ3n) is 5.55. The molecule has 1 aromatic carbocycles. The first-order chi connectivity index (χ1) is 15.3. The van der Waals surface area contributed by atoms with E-state index in [1.165, 1.54) is 18.6 Å². The Hall–Kier alpha value is -3.67. The minimum absolute atomic E-state index is 0. The number of rotatable bonds is 4. The van der Waals surface area contributed by atoms with E-state index in [0.29, 0.717) is 29.9 Å². The zero-order valence-electron chi connectivity index (χ0n) is 17.6. The summed E-state index contributed by atoms with van der Waals surface area (Å²) in [4.78, 5) is 14.5. The zero-order chi connectivity index (χ0) is 22.9. The lowest BCUT2D eigenvalue weighted by Crippen LogP contribution is -2.32. The predicted molar refractivity (Wildman–Crippen MR) is 121 cm³/mol. The third kappa shape index (κ3) is 5.06. The quantitative estimate of drug-likeness (QED) is 0.565. The first-order valence-electron chi connectivity index (χ1n) is 10.1. The van der Waals surface area contributed by atoms with Crippen LogP contribution in [0.1, 0.15) is 54.0 Å². The second kappa shape index (κ2) is 9.45. The van der Waals surface area contributed by atoms with Crippen molar-refractivity contribution in [3.63, 3.8) is 0 Å². The number of pyridine rings is 1. The fraction of sp³-hybridized carbons (Fsp3) is 0.333. The molecule has 0 fully saturated rings. The maximum atomic E-state index is 12.8. The number of nitrogens with zero attached hydrogens (tertiary/aromatic N) is 5. The van der Waals surface area contributed by atoms with Crippen LogP contribution < -0.4 is 10.2 Å². The molecule has 0 aliphatic carbocycles. The van der Waals surface area contributed by atoms with E-state index in [1.807, 2.05) is 32.0 Å². The molecule has 0 bridgehead atoms. The monoisotopic (exact) mass is 454 g/mol. The van der Waals surface area contributed by atoms with E-state index in [2.05, 4.69) is 31.2 Å². The molecule has 4 rings (SSSR count). The van der Waals surface area contributed by atoms with Gasteiger partial charge in [0.1, 0.15) is 23.9 Å². The molecule has 2 aromatic heterocycles. The van der Waals surface area contributed by atoms with Gasteiger partial charge in [-0.25, -0.2) is 9.97 Å². The van der Waals surface area contributed by atoms with Gasteiger partial charge in [-0.2, -0.15) is 18.4 Å². The molecule has 0 saturated heterocycles. The van der Waals surface area contributed by atoms with Crippen molar-refractivity contribution >= 4 is 11.5 Å². The zero-order valence-corrected chi connectivity index (χ0v) is 17.6. The Kier molecular flexibility index (Phi) is 6.86. The van der Waals surface area contributed by atoms with Gasteiger partial charge in [-0.05, 0) is 43.2 Å². The van der Waals surface area contributed by atoms with Crippen molar-refractivity contribution < 1.29 is 13.2 Å². The summed E-state index contributed by atoms with van der Waals surface area (Å²) in [6, 6.07) is 10.1.